The topological polar surface area (TPSA) is 108 Å². The van der Waals surface area contributed by atoms with E-state index in [0.29, 0.717) is 11.4 Å². The lowest BCUT2D eigenvalue weighted by Crippen LogP contribution is -2.52. The SMILES string of the molecule is COc1cccc(N2C(=O)[C@@H]3[C@@H]4C=C[C@@](C(OC(C)=O)OC(C)=O)(O4)[C@@H]3C2=O)c1. The van der Waals surface area contributed by atoms with Gasteiger partial charge in [-0.1, -0.05) is 12.1 Å². The van der Waals surface area contributed by atoms with E-state index in [1.807, 2.05) is 0 Å². The van der Waals surface area contributed by atoms with Crippen LogP contribution in [0, 0.1) is 11.8 Å². The first kappa shape index (κ1) is 19.1. The Balaban J connectivity index is 1.74. The lowest BCUT2D eigenvalue weighted by atomic mass is 9.76. The number of amides is 2. The smallest absolute Gasteiger partial charge is 0.305 e. The predicted molar refractivity (Wildman–Crippen MR) is 96.5 cm³/mol. The Bertz CT molecular complexity index is 924. The molecule has 29 heavy (non-hydrogen) atoms. The third-order valence-corrected chi connectivity index (χ3v) is 5.30. The lowest BCUT2D eigenvalue weighted by Gasteiger charge is -2.34. The molecule has 2 saturated heterocycles. The second-order valence-corrected chi connectivity index (χ2v) is 7.06. The second kappa shape index (κ2) is 6.70. The molecule has 0 N–H and O–H groups in total. The number of ether oxygens (including phenoxy) is 4. The quantitative estimate of drug-likeness (QED) is 0.311. The van der Waals surface area contributed by atoms with E-state index in [0.717, 1.165) is 18.7 Å². The van der Waals surface area contributed by atoms with Crippen LogP contribution in [0.5, 0.6) is 5.75 Å². The van der Waals surface area contributed by atoms with Crippen molar-refractivity contribution in [3.63, 3.8) is 0 Å². The molecule has 2 fully saturated rings. The largest absolute Gasteiger partial charge is 0.497 e. The molecule has 0 unspecified atom stereocenters. The summed E-state index contributed by atoms with van der Waals surface area (Å²) < 4.78 is 21.4. The fraction of sp³-hybridized carbons (Fsp3) is 0.400. The number of esters is 2. The average Bonchev–Trinajstić information content (AvgIpc) is 3.32. The van der Waals surface area contributed by atoms with Gasteiger partial charge in [0.2, 0.25) is 11.8 Å². The molecule has 0 radical (unpaired) electrons. The summed E-state index contributed by atoms with van der Waals surface area (Å²) in [5.41, 5.74) is -1.20. The van der Waals surface area contributed by atoms with Crippen LogP contribution in [0.3, 0.4) is 0 Å². The summed E-state index contributed by atoms with van der Waals surface area (Å²) in [6.07, 6.45) is 0.980. The Hall–Kier alpha value is -3.20. The van der Waals surface area contributed by atoms with Crippen molar-refractivity contribution in [2.75, 3.05) is 12.0 Å². The van der Waals surface area contributed by atoms with E-state index in [9.17, 15) is 19.2 Å². The molecule has 3 aliphatic rings. The number of hydrogen-bond donors (Lipinski definition) is 0. The summed E-state index contributed by atoms with van der Waals surface area (Å²) in [6.45, 7) is 2.31. The summed E-state index contributed by atoms with van der Waals surface area (Å²) in [5, 5.41) is 0. The minimum atomic E-state index is -1.56. The monoisotopic (exact) mass is 401 g/mol. The van der Waals surface area contributed by atoms with Crippen LogP contribution >= 0.6 is 0 Å². The van der Waals surface area contributed by atoms with Crippen LogP contribution in [-0.2, 0) is 33.4 Å². The maximum absolute atomic E-state index is 13.3. The van der Waals surface area contributed by atoms with Gasteiger partial charge in [-0.2, -0.15) is 0 Å². The van der Waals surface area contributed by atoms with Crippen molar-refractivity contribution in [2.24, 2.45) is 11.8 Å². The standard InChI is InChI=1S/C20H19NO8/c1-10(22)27-19(28-11(2)23)20-8-7-14(29-20)15-16(20)18(25)21(17(15)24)12-5-4-6-13(9-12)26-3/h4-9,14-16,19H,1-3H3/t14-,15+,16-,20+/m0/s1. The van der Waals surface area contributed by atoms with Gasteiger partial charge < -0.3 is 18.9 Å². The van der Waals surface area contributed by atoms with Gasteiger partial charge in [0.15, 0.2) is 5.60 Å². The number of fused-ring (bicyclic) bond motifs is 5. The van der Waals surface area contributed by atoms with Gasteiger partial charge in [0.25, 0.3) is 6.29 Å². The van der Waals surface area contributed by atoms with Gasteiger partial charge in [0.05, 0.1) is 30.7 Å². The van der Waals surface area contributed by atoms with Crippen molar-refractivity contribution in [3.05, 3.63) is 36.4 Å². The Morgan fingerprint density at radius 1 is 1.14 bits per heavy atom. The third-order valence-electron chi connectivity index (χ3n) is 5.30. The van der Waals surface area contributed by atoms with Crippen LogP contribution in [0.2, 0.25) is 0 Å². The summed E-state index contributed by atoms with van der Waals surface area (Å²) in [5.74, 6) is -3.71. The number of carbonyl (C=O) groups is 4. The molecule has 3 heterocycles. The molecule has 1 aromatic carbocycles. The molecule has 0 aromatic heterocycles. The molecule has 4 rings (SSSR count). The van der Waals surface area contributed by atoms with Gasteiger partial charge in [-0.05, 0) is 18.2 Å². The van der Waals surface area contributed by atoms with Crippen LogP contribution in [0.1, 0.15) is 13.8 Å². The molecular weight excluding hydrogens is 382 g/mol. The highest BCUT2D eigenvalue weighted by Gasteiger charge is 2.72. The molecular formula is C20H19NO8. The summed E-state index contributed by atoms with van der Waals surface area (Å²) >= 11 is 0. The molecule has 0 saturated carbocycles. The van der Waals surface area contributed by atoms with Crippen LogP contribution in [0.4, 0.5) is 5.69 Å². The number of rotatable bonds is 5. The molecule has 0 spiro atoms. The Labute approximate surface area is 166 Å². The van der Waals surface area contributed by atoms with Crippen molar-refractivity contribution in [2.45, 2.75) is 31.8 Å². The molecule has 152 valence electrons. The number of anilines is 1. The Kier molecular flexibility index (Phi) is 4.42. The van der Waals surface area contributed by atoms with Crippen molar-refractivity contribution in [3.8, 4) is 5.75 Å². The number of hydrogen-bond acceptors (Lipinski definition) is 8. The number of benzene rings is 1. The van der Waals surface area contributed by atoms with E-state index in [1.165, 1.54) is 13.2 Å². The van der Waals surface area contributed by atoms with Crippen LogP contribution < -0.4 is 9.64 Å². The first-order valence-corrected chi connectivity index (χ1v) is 9.02. The minimum Gasteiger partial charge on any atom is -0.497 e. The predicted octanol–water partition coefficient (Wildman–Crippen LogP) is 0.960. The van der Waals surface area contributed by atoms with E-state index < -0.39 is 53.6 Å². The van der Waals surface area contributed by atoms with Gasteiger partial charge in [-0.25, -0.2) is 4.90 Å². The zero-order chi connectivity index (χ0) is 20.9. The zero-order valence-corrected chi connectivity index (χ0v) is 16.0. The lowest BCUT2D eigenvalue weighted by molar-refractivity contribution is -0.226. The van der Waals surface area contributed by atoms with Crippen LogP contribution in [0.25, 0.3) is 0 Å². The molecule has 2 bridgehead atoms. The van der Waals surface area contributed by atoms with Crippen molar-refractivity contribution in [1.29, 1.82) is 0 Å². The summed E-state index contributed by atoms with van der Waals surface area (Å²) in [7, 11) is 1.48. The van der Waals surface area contributed by atoms with Gasteiger partial charge in [0, 0.05) is 19.9 Å². The Morgan fingerprint density at radius 3 is 2.45 bits per heavy atom. The van der Waals surface area contributed by atoms with E-state index in [4.69, 9.17) is 18.9 Å². The third kappa shape index (κ3) is 2.80. The van der Waals surface area contributed by atoms with Gasteiger partial charge >= 0.3 is 11.9 Å². The fourth-order valence-corrected chi connectivity index (χ4v) is 4.22. The van der Waals surface area contributed by atoms with Crippen molar-refractivity contribution < 1.29 is 38.1 Å². The highest BCUT2D eigenvalue weighted by atomic mass is 16.7. The van der Waals surface area contributed by atoms with Gasteiger partial charge in [-0.3, -0.25) is 19.2 Å². The Morgan fingerprint density at radius 2 is 1.83 bits per heavy atom. The molecule has 9 heteroatoms. The highest BCUT2D eigenvalue weighted by molar-refractivity contribution is 6.23. The first-order chi connectivity index (χ1) is 13.8. The minimum absolute atomic E-state index is 0.361. The molecule has 3 aliphatic heterocycles. The van der Waals surface area contributed by atoms with Gasteiger partial charge in [-0.15, -0.1) is 0 Å². The molecule has 9 nitrogen and oxygen atoms in total. The maximum Gasteiger partial charge on any atom is 0.305 e. The number of nitrogens with zero attached hydrogens (tertiary/aromatic N) is 1. The normalized spacial score (nSPS) is 29.4. The number of methoxy groups -OCH3 is 1. The van der Waals surface area contributed by atoms with Crippen LogP contribution in [0.15, 0.2) is 36.4 Å². The molecule has 2 amide bonds. The average molecular weight is 401 g/mol. The van der Waals surface area contributed by atoms with E-state index in [1.54, 1.807) is 30.3 Å². The molecule has 1 aromatic rings. The zero-order valence-electron chi connectivity index (χ0n) is 16.0. The number of imide groups is 1. The van der Waals surface area contributed by atoms with E-state index in [2.05, 4.69) is 0 Å². The second-order valence-electron chi connectivity index (χ2n) is 7.06. The van der Waals surface area contributed by atoms with E-state index >= 15 is 0 Å². The van der Waals surface area contributed by atoms with Crippen molar-refractivity contribution in [1.82, 2.24) is 0 Å². The molecule has 4 atom stereocenters. The maximum atomic E-state index is 13.3. The summed E-state index contributed by atoms with van der Waals surface area (Å²) in [6, 6.07) is 6.57. The number of carbonyl (C=O) groups excluding carboxylic acids is 4. The molecule has 0 aliphatic carbocycles. The first-order valence-electron chi connectivity index (χ1n) is 9.02. The van der Waals surface area contributed by atoms with Crippen LogP contribution in [-0.4, -0.2) is 48.9 Å². The summed E-state index contributed by atoms with van der Waals surface area (Å²) in [4.78, 5) is 50.7. The van der Waals surface area contributed by atoms with Crippen molar-refractivity contribution >= 4 is 29.4 Å². The van der Waals surface area contributed by atoms with Gasteiger partial charge in [0.1, 0.15) is 5.75 Å². The van der Waals surface area contributed by atoms with E-state index in [-0.39, 0.29) is 0 Å². The fourth-order valence-electron chi connectivity index (χ4n) is 4.22. The highest BCUT2D eigenvalue weighted by Crippen LogP contribution is 2.54.